The van der Waals surface area contributed by atoms with Gasteiger partial charge in [-0.25, -0.2) is 0 Å². The van der Waals surface area contributed by atoms with Crippen molar-refractivity contribution in [3.05, 3.63) is 23.2 Å². The van der Waals surface area contributed by atoms with E-state index < -0.39 is 5.60 Å². The number of anilines is 1. The molecule has 0 fully saturated rings. The fourth-order valence-corrected chi connectivity index (χ4v) is 2.05. The van der Waals surface area contributed by atoms with Gasteiger partial charge < -0.3 is 10.1 Å². The van der Waals surface area contributed by atoms with Gasteiger partial charge in [-0.15, -0.1) is 0 Å². The van der Waals surface area contributed by atoms with Gasteiger partial charge in [0.1, 0.15) is 5.75 Å². The molecule has 0 aliphatic carbocycles. The van der Waals surface area contributed by atoms with E-state index in [9.17, 15) is 4.79 Å². The standard InChI is InChI=1S/C12H14ClNO2/c1-3-12(4-2)11(15)14-9-6-5-8(13)7-10(9)16-12/h5-7H,3-4H2,1-2H3,(H,14,15). The SMILES string of the molecule is CCC1(CC)Oc2cc(Cl)ccc2NC1=O. The van der Waals surface area contributed by atoms with Crippen molar-refractivity contribution < 1.29 is 9.53 Å². The van der Waals surface area contributed by atoms with Crippen LogP contribution in [0.2, 0.25) is 5.02 Å². The molecule has 1 amide bonds. The number of nitrogens with one attached hydrogen (secondary N) is 1. The minimum atomic E-state index is -0.752. The molecule has 16 heavy (non-hydrogen) atoms. The molecule has 3 nitrogen and oxygen atoms in total. The number of hydrogen-bond acceptors (Lipinski definition) is 2. The fourth-order valence-electron chi connectivity index (χ4n) is 1.89. The van der Waals surface area contributed by atoms with Gasteiger partial charge in [-0.1, -0.05) is 25.4 Å². The first-order valence-corrected chi connectivity index (χ1v) is 5.79. The molecule has 1 aliphatic rings. The van der Waals surface area contributed by atoms with E-state index in [2.05, 4.69) is 5.32 Å². The lowest BCUT2D eigenvalue weighted by atomic mass is 9.94. The van der Waals surface area contributed by atoms with Crippen molar-refractivity contribution in [3.8, 4) is 5.75 Å². The molecule has 0 saturated heterocycles. The maximum Gasteiger partial charge on any atom is 0.268 e. The smallest absolute Gasteiger partial charge is 0.268 e. The second-order valence-corrected chi connectivity index (χ2v) is 4.33. The van der Waals surface area contributed by atoms with Crippen molar-refractivity contribution in [1.82, 2.24) is 0 Å². The maximum absolute atomic E-state index is 12.0. The molecule has 0 radical (unpaired) electrons. The Bertz CT molecular complexity index is 427. The zero-order valence-corrected chi connectivity index (χ0v) is 10.1. The first-order valence-electron chi connectivity index (χ1n) is 5.41. The van der Waals surface area contributed by atoms with E-state index in [0.29, 0.717) is 29.3 Å². The van der Waals surface area contributed by atoms with E-state index in [1.165, 1.54) is 0 Å². The Labute approximate surface area is 99.7 Å². The molecule has 0 saturated carbocycles. The molecule has 1 aliphatic heterocycles. The molecule has 0 bridgehead atoms. The molecule has 0 spiro atoms. The average molecular weight is 240 g/mol. The molecule has 0 unspecified atom stereocenters. The number of amides is 1. The summed E-state index contributed by atoms with van der Waals surface area (Å²) in [7, 11) is 0. The molecule has 86 valence electrons. The van der Waals surface area contributed by atoms with Crippen molar-refractivity contribution in [1.29, 1.82) is 0 Å². The fraction of sp³-hybridized carbons (Fsp3) is 0.417. The summed E-state index contributed by atoms with van der Waals surface area (Å²) < 4.78 is 5.81. The molecular weight excluding hydrogens is 226 g/mol. The lowest BCUT2D eigenvalue weighted by molar-refractivity contribution is -0.133. The quantitative estimate of drug-likeness (QED) is 0.861. The van der Waals surface area contributed by atoms with E-state index >= 15 is 0 Å². The Hall–Kier alpha value is -1.22. The first kappa shape index (κ1) is 11.3. The van der Waals surface area contributed by atoms with Crippen molar-refractivity contribution in [2.24, 2.45) is 0 Å². The number of rotatable bonds is 2. The van der Waals surface area contributed by atoms with Crippen LogP contribution in [0.5, 0.6) is 5.75 Å². The number of carbonyl (C=O) groups is 1. The summed E-state index contributed by atoms with van der Waals surface area (Å²) >= 11 is 5.90. The summed E-state index contributed by atoms with van der Waals surface area (Å²) in [6, 6.07) is 5.22. The average Bonchev–Trinajstić information content (AvgIpc) is 2.29. The molecule has 1 heterocycles. The molecule has 0 aromatic heterocycles. The largest absolute Gasteiger partial charge is 0.475 e. The Morgan fingerprint density at radius 3 is 2.69 bits per heavy atom. The minimum Gasteiger partial charge on any atom is -0.475 e. The predicted octanol–water partition coefficient (Wildman–Crippen LogP) is 3.23. The Morgan fingerprint density at radius 2 is 2.06 bits per heavy atom. The van der Waals surface area contributed by atoms with Crippen LogP contribution in [0.25, 0.3) is 0 Å². The zero-order chi connectivity index (χ0) is 11.8. The summed E-state index contributed by atoms with van der Waals surface area (Å²) in [5, 5.41) is 3.46. The minimum absolute atomic E-state index is 0.0766. The van der Waals surface area contributed by atoms with Crippen LogP contribution >= 0.6 is 11.6 Å². The van der Waals surface area contributed by atoms with Crippen LogP contribution < -0.4 is 10.1 Å². The van der Waals surface area contributed by atoms with Gasteiger partial charge in [-0.3, -0.25) is 4.79 Å². The summed E-state index contributed by atoms with van der Waals surface area (Å²) in [6.45, 7) is 3.89. The highest BCUT2D eigenvalue weighted by atomic mass is 35.5. The monoisotopic (exact) mass is 239 g/mol. The van der Waals surface area contributed by atoms with E-state index in [0.717, 1.165) is 0 Å². The molecule has 1 N–H and O–H groups in total. The van der Waals surface area contributed by atoms with Gasteiger partial charge in [-0.2, -0.15) is 0 Å². The van der Waals surface area contributed by atoms with Crippen molar-refractivity contribution in [2.45, 2.75) is 32.3 Å². The van der Waals surface area contributed by atoms with E-state index in [1.807, 2.05) is 13.8 Å². The normalized spacial score (nSPS) is 17.3. The predicted molar refractivity (Wildman–Crippen MR) is 64.0 cm³/mol. The van der Waals surface area contributed by atoms with Crippen molar-refractivity contribution in [3.63, 3.8) is 0 Å². The summed E-state index contributed by atoms with van der Waals surface area (Å²) in [5.41, 5.74) is -0.0653. The molecule has 1 aromatic carbocycles. The van der Waals surface area contributed by atoms with Gasteiger partial charge in [0.2, 0.25) is 0 Å². The van der Waals surface area contributed by atoms with Crippen molar-refractivity contribution in [2.75, 3.05) is 5.32 Å². The number of halogens is 1. The summed E-state index contributed by atoms with van der Waals surface area (Å²) in [6.07, 6.45) is 1.28. The highest BCUT2D eigenvalue weighted by Gasteiger charge is 2.41. The molecule has 4 heteroatoms. The highest BCUT2D eigenvalue weighted by molar-refractivity contribution is 6.30. The van der Waals surface area contributed by atoms with Gasteiger partial charge in [-0.05, 0) is 25.0 Å². The number of hydrogen-bond donors (Lipinski definition) is 1. The number of carbonyl (C=O) groups excluding carboxylic acids is 1. The Kier molecular flexibility index (Phi) is 2.80. The number of fused-ring (bicyclic) bond motifs is 1. The molecule has 2 rings (SSSR count). The Morgan fingerprint density at radius 1 is 1.38 bits per heavy atom. The lowest BCUT2D eigenvalue weighted by Crippen LogP contribution is -2.49. The molecular formula is C12H14ClNO2. The van der Waals surface area contributed by atoms with Crippen LogP contribution in [0.4, 0.5) is 5.69 Å². The Balaban J connectivity index is 2.43. The van der Waals surface area contributed by atoms with Crippen LogP contribution in [0.15, 0.2) is 18.2 Å². The highest BCUT2D eigenvalue weighted by Crippen LogP contribution is 2.38. The van der Waals surface area contributed by atoms with Crippen LogP contribution in [-0.4, -0.2) is 11.5 Å². The second kappa shape index (κ2) is 3.98. The maximum atomic E-state index is 12.0. The van der Waals surface area contributed by atoms with Gasteiger partial charge in [0, 0.05) is 11.1 Å². The van der Waals surface area contributed by atoms with E-state index in [1.54, 1.807) is 18.2 Å². The lowest BCUT2D eigenvalue weighted by Gasteiger charge is -2.36. The van der Waals surface area contributed by atoms with Gasteiger partial charge >= 0.3 is 0 Å². The molecule has 1 aromatic rings. The van der Waals surface area contributed by atoms with Gasteiger partial charge in [0.15, 0.2) is 5.60 Å². The third-order valence-corrected chi connectivity index (χ3v) is 3.29. The topological polar surface area (TPSA) is 38.3 Å². The van der Waals surface area contributed by atoms with Crippen LogP contribution in [-0.2, 0) is 4.79 Å². The number of benzene rings is 1. The molecule has 0 atom stereocenters. The van der Waals surface area contributed by atoms with Crippen LogP contribution in [0.3, 0.4) is 0 Å². The second-order valence-electron chi connectivity index (χ2n) is 3.90. The first-order chi connectivity index (χ1) is 7.61. The zero-order valence-electron chi connectivity index (χ0n) is 9.34. The van der Waals surface area contributed by atoms with Crippen molar-refractivity contribution >= 4 is 23.2 Å². The summed E-state index contributed by atoms with van der Waals surface area (Å²) in [5.74, 6) is 0.572. The van der Waals surface area contributed by atoms with Crippen LogP contribution in [0, 0.1) is 0 Å². The van der Waals surface area contributed by atoms with E-state index in [-0.39, 0.29) is 5.91 Å². The third kappa shape index (κ3) is 1.65. The van der Waals surface area contributed by atoms with E-state index in [4.69, 9.17) is 16.3 Å². The summed E-state index contributed by atoms with van der Waals surface area (Å²) in [4.78, 5) is 12.0. The van der Waals surface area contributed by atoms with Crippen LogP contribution in [0.1, 0.15) is 26.7 Å². The number of ether oxygens (including phenoxy) is 1. The van der Waals surface area contributed by atoms with Gasteiger partial charge in [0.05, 0.1) is 5.69 Å². The van der Waals surface area contributed by atoms with Gasteiger partial charge in [0.25, 0.3) is 5.91 Å². The third-order valence-electron chi connectivity index (χ3n) is 3.05.